The van der Waals surface area contributed by atoms with Crippen LogP contribution >= 0.6 is 0 Å². The van der Waals surface area contributed by atoms with E-state index in [1.807, 2.05) is 12.1 Å². The topological polar surface area (TPSA) is 45.2 Å². The Balaban J connectivity index is 1.52. The van der Waals surface area contributed by atoms with Crippen LogP contribution in [0.15, 0.2) is 42.6 Å². The molecule has 2 fully saturated rings. The van der Waals surface area contributed by atoms with Crippen molar-refractivity contribution in [1.82, 2.24) is 4.98 Å². The zero-order valence-electron chi connectivity index (χ0n) is 14.9. The van der Waals surface area contributed by atoms with Gasteiger partial charge in [0.2, 0.25) is 5.91 Å². The molecule has 2 aliphatic rings. The van der Waals surface area contributed by atoms with Crippen LogP contribution in [-0.4, -0.2) is 24.0 Å². The number of hydrogen-bond acceptors (Lipinski definition) is 3. The summed E-state index contributed by atoms with van der Waals surface area (Å²) < 4.78 is 13.3. The summed E-state index contributed by atoms with van der Waals surface area (Å²) in [5.74, 6) is 0.677. The quantitative estimate of drug-likeness (QED) is 0.893. The predicted molar refractivity (Wildman–Crippen MR) is 101 cm³/mol. The zero-order chi connectivity index (χ0) is 18.0. The average Bonchev–Trinajstić information content (AvgIpc) is 3.36. The van der Waals surface area contributed by atoms with Gasteiger partial charge in [-0.1, -0.05) is 25.0 Å². The van der Waals surface area contributed by atoms with Crippen LogP contribution in [0.4, 0.5) is 15.9 Å². The molecule has 4 rings (SSSR count). The summed E-state index contributed by atoms with van der Waals surface area (Å²) in [6.45, 7) is 2.10. The maximum atomic E-state index is 13.3. The number of nitrogens with zero attached hydrogens (tertiary/aromatic N) is 2. The van der Waals surface area contributed by atoms with E-state index in [1.54, 1.807) is 18.3 Å². The van der Waals surface area contributed by atoms with Gasteiger partial charge in [0.05, 0.1) is 17.3 Å². The Morgan fingerprint density at radius 2 is 1.69 bits per heavy atom. The van der Waals surface area contributed by atoms with Crippen molar-refractivity contribution in [1.29, 1.82) is 0 Å². The van der Waals surface area contributed by atoms with E-state index in [9.17, 15) is 9.18 Å². The molecule has 1 saturated carbocycles. The number of aromatic nitrogens is 1. The van der Waals surface area contributed by atoms with E-state index in [2.05, 4.69) is 15.2 Å². The summed E-state index contributed by atoms with van der Waals surface area (Å²) in [5.41, 5.74) is 1.04. The minimum Gasteiger partial charge on any atom is -0.357 e. The smallest absolute Gasteiger partial charge is 0.235 e. The molecule has 2 heterocycles. The molecule has 4 nitrogen and oxygen atoms in total. The van der Waals surface area contributed by atoms with Crippen LogP contribution in [0.25, 0.3) is 0 Å². The Kier molecular flexibility index (Phi) is 4.62. The summed E-state index contributed by atoms with van der Waals surface area (Å²) in [6, 6.07) is 10.3. The molecule has 0 atom stereocenters. The van der Waals surface area contributed by atoms with Crippen molar-refractivity contribution >= 4 is 17.4 Å². The number of carbonyl (C=O) groups is 1. The maximum absolute atomic E-state index is 13.3. The van der Waals surface area contributed by atoms with E-state index in [1.165, 1.54) is 25.0 Å². The molecule has 0 radical (unpaired) electrons. The van der Waals surface area contributed by atoms with Crippen molar-refractivity contribution in [3.05, 3.63) is 54.0 Å². The van der Waals surface area contributed by atoms with Gasteiger partial charge in [-0.05, 0) is 55.5 Å². The SMILES string of the molecule is O=C(Nc1ccc(N2CCCC2)nc1)C1(c2ccc(F)cc2)CCCC1. The van der Waals surface area contributed by atoms with E-state index >= 15 is 0 Å². The fraction of sp³-hybridized carbons (Fsp3) is 0.429. The Bertz CT molecular complexity index is 761. The lowest BCUT2D eigenvalue weighted by molar-refractivity contribution is -0.121. The molecule has 1 aliphatic carbocycles. The van der Waals surface area contributed by atoms with Crippen LogP contribution in [0.3, 0.4) is 0 Å². The normalized spacial score (nSPS) is 18.9. The summed E-state index contributed by atoms with van der Waals surface area (Å²) >= 11 is 0. The second-order valence-electron chi connectivity index (χ2n) is 7.35. The van der Waals surface area contributed by atoms with Gasteiger partial charge in [-0.2, -0.15) is 0 Å². The zero-order valence-corrected chi connectivity index (χ0v) is 14.9. The third kappa shape index (κ3) is 3.18. The number of pyridine rings is 1. The van der Waals surface area contributed by atoms with Crippen LogP contribution in [0.5, 0.6) is 0 Å². The van der Waals surface area contributed by atoms with Crippen molar-refractivity contribution in [3.8, 4) is 0 Å². The van der Waals surface area contributed by atoms with Gasteiger partial charge in [-0.15, -0.1) is 0 Å². The minimum atomic E-state index is -0.568. The first kappa shape index (κ1) is 17.0. The third-order valence-corrected chi connectivity index (χ3v) is 5.72. The van der Waals surface area contributed by atoms with E-state index in [0.29, 0.717) is 5.69 Å². The molecule has 2 aromatic rings. The fourth-order valence-electron chi connectivity index (χ4n) is 4.24. The van der Waals surface area contributed by atoms with Gasteiger partial charge in [-0.3, -0.25) is 4.79 Å². The lowest BCUT2D eigenvalue weighted by Gasteiger charge is -2.28. The predicted octanol–water partition coefficient (Wildman–Crippen LogP) is 4.27. The maximum Gasteiger partial charge on any atom is 0.235 e. The van der Waals surface area contributed by atoms with Crippen LogP contribution in [-0.2, 0) is 10.2 Å². The van der Waals surface area contributed by atoms with E-state index < -0.39 is 5.41 Å². The molecular formula is C21H24FN3O. The number of hydrogen-bond donors (Lipinski definition) is 1. The highest BCUT2D eigenvalue weighted by Gasteiger charge is 2.42. The van der Waals surface area contributed by atoms with Crippen molar-refractivity contribution < 1.29 is 9.18 Å². The number of rotatable bonds is 4. The molecular weight excluding hydrogens is 329 g/mol. The number of benzene rings is 1. The molecule has 1 aromatic heterocycles. The largest absolute Gasteiger partial charge is 0.357 e. The molecule has 1 amide bonds. The van der Waals surface area contributed by atoms with Crippen molar-refractivity contribution in [2.45, 2.75) is 43.9 Å². The number of amides is 1. The molecule has 26 heavy (non-hydrogen) atoms. The highest BCUT2D eigenvalue weighted by Crippen LogP contribution is 2.42. The van der Waals surface area contributed by atoms with E-state index in [0.717, 1.165) is 50.2 Å². The minimum absolute atomic E-state index is 0.0164. The molecule has 0 spiro atoms. The molecule has 1 saturated heterocycles. The number of anilines is 2. The number of carbonyl (C=O) groups excluding carboxylic acids is 1. The molecule has 0 bridgehead atoms. The van der Waals surface area contributed by atoms with Crippen LogP contribution in [0, 0.1) is 5.82 Å². The molecule has 1 aromatic carbocycles. The summed E-state index contributed by atoms with van der Waals surface area (Å²) in [4.78, 5) is 19.9. The summed E-state index contributed by atoms with van der Waals surface area (Å²) in [5, 5.41) is 3.04. The second kappa shape index (κ2) is 7.06. The van der Waals surface area contributed by atoms with Gasteiger partial charge in [0, 0.05) is 13.1 Å². The van der Waals surface area contributed by atoms with Crippen LogP contribution in [0.2, 0.25) is 0 Å². The number of halogens is 1. The van der Waals surface area contributed by atoms with Gasteiger partial charge < -0.3 is 10.2 Å². The third-order valence-electron chi connectivity index (χ3n) is 5.72. The highest BCUT2D eigenvalue weighted by molar-refractivity contribution is 5.99. The van der Waals surface area contributed by atoms with Crippen LogP contribution in [0.1, 0.15) is 44.1 Å². The van der Waals surface area contributed by atoms with E-state index in [-0.39, 0.29) is 11.7 Å². The van der Waals surface area contributed by atoms with Gasteiger partial charge in [-0.25, -0.2) is 9.37 Å². The first-order valence-electron chi connectivity index (χ1n) is 9.46. The second-order valence-corrected chi connectivity index (χ2v) is 7.35. The summed E-state index contributed by atoms with van der Waals surface area (Å²) in [6.07, 6.45) is 7.76. The van der Waals surface area contributed by atoms with Gasteiger partial charge in [0.15, 0.2) is 0 Å². The fourth-order valence-corrected chi connectivity index (χ4v) is 4.24. The molecule has 1 N–H and O–H groups in total. The first-order chi connectivity index (χ1) is 12.7. The molecule has 1 aliphatic heterocycles. The van der Waals surface area contributed by atoms with Crippen molar-refractivity contribution in [2.75, 3.05) is 23.3 Å². The average molecular weight is 353 g/mol. The van der Waals surface area contributed by atoms with Gasteiger partial charge in [0.1, 0.15) is 11.6 Å². The van der Waals surface area contributed by atoms with Crippen molar-refractivity contribution in [3.63, 3.8) is 0 Å². The van der Waals surface area contributed by atoms with Crippen LogP contribution < -0.4 is 10.2 Å². The number of nitrogens with one attached hydrogen (secondary N) is 1. The molecule has 136 valence electrons. The summed E-state index contributed by atoms with van der Waals surface area (Å²) in [7, 11) is 0. The lowest BCUT2D eigenvalue weighted by Crippen LogP contribution is -2.38. The van der Waals surface area contributed by atoms with Crippen molar-refractivity contribution in [2.24, 2.45) is 0 Å². The first-order valence-corrected chi connectivity index (χ1v) is 9.46. The Morgan fingerprint density at radius 3 is 2.31 bits per heavy atom. The Morgan fingerprint density at radius 1 is 1.00 bits per heavy atom. The molecule has 5 heteroatoms. The van der Waals surface area contributed by atoms with Gasteiger partial charge >= 0.3 is 0 Å². The highest BCUT2D eigenvalue weighted by atomic mass is 19.1. The Labute approximate surface area is 153 Å². The molecule has 0 unspecified atom stereocenters. The standard InChI is InChI=1S/C21H24FN3O/c22-17-7-5-16(6-8-17)21(11-1-2-12-21)20(26)24-18-9-10-19(23-15-18)25-13-3-4-14-25/h5-10,15H,1-4,11-14H2,(H,24,26). The monoisotopic (exact) mass is 353 g/mol. The Hall–Kier alpha value is -2.43. The van der Waals surface area contributed by atoms with E-state index in [4.69, 9.17) is 0 Å². The lowest BCUT2D eigenvalue weighted by atomic mass is 9.78. The van der Waals surface area contributed by atoms with Gasteiger partial charge in [0.25, 0.3) is 0 Å².